The Kier molecular flexibility index (Phi) is 4.57. The highest BCUT2D eigenvalue weighted by molar-refractivity contribution is 5.85. The molecule has 1 atom stereocenters. The predicted molar refractivity (Wildman–Crippen MR) is 98.3 cm³/mol. The van der Waals surface area contributed by atoms with Crippen LogP contribution in [0.4, 0.5) is 0 Å². The number of halogens is 1. The number of carbonyl (C=O) groups excluding carboxylic acids is 1. The Hall–Kier alpha value is -1.07. The number of carbonyl (C=O) groups is 1. The summed E-state index contributed by atoms with van der Waals surface area (Å²) in [5, 5.41) is 3.46. The van der Waals surface area contributed by atoms with Crippen LogP contribution in [-0.2, 0) is 11.8 Å². The van der Waals surface area contributed by atoms with E-state index in [0.717, 1.165) is 37.3 Å². The maximum absolute atomic E-state index is 13.6. The molecule has 5 fully saturated rings. The first-order chi connectivity index (χ1) is 11.7. The molecule has 6 heteroatoms. The van der Waals surface area contributed by atoms with Gasteiger partial charge in [-0.25, -0.2) is 4.98 Å². The zero-order valence-electron chi connectivity index (χ0n) is 14.9. The number of hydrogen-bond donors (Lipinski definition) is 1. The molecule has 1 unspecified atom stereocenters. The van der Waals surface area contributed by atoms with Crippen LogP contribution in [0.3, 0.4) is 0 Å². The summed E-state index contributed by atoms with van der Waals surface area (Å²) in [5.41, 5.74) is 0. The van der Waals surface area contributed by atoms with E-state index in [9.17, 15) is 4.79 Å². The largest absolute Gasteiger partial charge is 0.336 e. The van der Waals surface area contributed by atoms with Crippen molar-refractivity contribution < 1.29 is 4.79 Å². The number of rotatable bonds is 2. The minimum atomic E-state index is 0. The van der Waals surface area contributed by atoms with Crippen molar-refractivity contribution in [2.24, 2.45) is 36.6 Å². The van der Waals surface area contributed by atoms with Crippen molar-refractivity contribution in [2.75, 3.05) is 19.6 Å². The Morgan fingerprint density at radius 1 is 1.16 bits per heavy atom. The van der Waals surface area contributed by atoms with E-state index in [-0.39, 0.29) is 18.4 Å². The standard InChI is InChI=1S/C19H28N4O.ClH/c1-22-4-3-21-18(22)16-11-20-2-5-23(16)19(24)17-14-7-12-6-13(9-14)10-15(17)8-12;/h3-4,12-17,20H,2,5-11H2,1H3;1H. The fourth-order valence-electron chi connectivity index (χ4n) is 6.42. The average Bonchev–Trinajstić information content (AvgIpc) is 2.99. The molecule has 5 aliphatic rings. The molecule has 2 heterocycles. The number of aryl methyl sites for hydroxylation is 1. The number of imidazole rings is 1. The molecule has 4 aliphatic carbocycles. The average molecular weight is 365 g/mol. The molecule has 138 valence electrons. The first kappa shape index (κ1) is 17.3. The van der Waals surface area contributed by atoms with Gasteiger partial charge in [0.2, 0.25) is 5.91 Å². The van der Waals surface area contributed by atoms with Crippen LogP contribution < -0.4 is 5.32 Å². The molecule has 0 radical (unpaired) electrons. The second-order valence-corrected chi connectivity index (χ2v) is 8.60. The Morgan fingerprint density at radius 3 is 2.44 bits per heavy atom. The summed E-state index contributed by atoms with van der Waals surface area (Å²) in [6.07, 6.45) is 10.5. The lowest BCUT2D eigenvalue weighted by Gasteiger charge is -2.55. The third kappa shape index (κ3) is 2.80. The molecule has 1 aromatic rings. The fourth-order valence-corrected chi connectivity index (χ4v) is 6.42. The van der Waals surface area contributed by atoms with Gasteiger partial charge in [-0.2, -0.15) is 0 Å². The van der Waals surface area contributed by atoms with Crippen LogP contribution >= 0.6 is 12.4 Å². The molecular formula is C19H29ClN4O. The van der Waals surface area contributed by atoms with Gasteiger partial charge in [-0.05, 0) is 55.8 Å². The topological polar surface area (TPSA) is 50.2 Å². The van der Waals surface area contributed by atoms with E-state index in [4.69, 9.17) is 0 Å². The summed E-state index contributed by atoms with van der Waals surface area (Å²) < 4.78 is 2.06. The summed E-state index contributed by atoms with van der Waals surface area (Å²) in [6, 6.07) is 0.0865. The van der Waals surface area contributed by atoms with Gasteiger partial charge >= 0.3 is 0 Å². The number of piperazine rings is 1. The third-order valence-electron chi connectivity index (χ3n) is 7.19. The van der Waals surface area contributed by atoms with Crippen LogP contribution in [0.25, 0.3) is 0 Å². The number of aromatic nitrogens is 2. The SMILES string of the molecule is Cl.Cn1ccnc1C1CNCCN1C(=O)C1C2CC3CC(C2)CC1C3. The summed E-state index contributed by atoms with van der Waals surface area (Å²) in [6.45, 7) is 2.54. The Balaban J connectivity index is 0.00000157. The third-order valence-corrected chi connectivity index (χ3v) is 7.19. The number of amides is 1. The van der Waals surface area contributed by atoms with Crippen LogP contribution in [-0.4, -0.2) is 40.0 Å². The van der Waals surface area contributed by atoms with Crippen LogP contribution in [0.5, 0.6) is 0 Å². The molecule has 4 saturated carbocycles. The molecule has 1 saturated heterocycles. The van der Waals surface area contributed by atoms with Crippen molar-refractivity contribution in [3.63, 3.8) is 0 Å². The fraction of sp³-hybridized carbons (Fsp3) is 0.789. The van der Waals surface area contributed by atoms with Gasteiger partial charge in [-0.15, -0.1) is 12.4 Å². The van der Waals surface area contributed by atoms with Crippen molar-refractivity contribution in [2.45, 2.75) is 38.1 Å². The lowest BCUT2D eigenvalue weighted by molar-refractivity contribution is -0.152. The summed E-state index contributed by atoms with van der Waals surface area (Å²) in [7, 11) is 2.03. The van der Waals surface area contributed by atoms with Crippen molar-refractivity contribution >= 4 is 18.3 Å². The molecule has 1 aliphatic heterocycles. The van der Waals surface area contributed by atoms with Gasteiger partial charge in [0.15, 0.2) is 0 Å². The summed E-state index contributed by atoms with van der Waals surface area (Å²) >= 11 is 0. The minimum Gasteiger partial charge on any atom is -0.336 e. The maximum atomic E-state index is 13.6. The van der Waals surface area contributed by atoms with Gasteiger partial charge < -0.3 is 14.8 Å². The molecule has 25 heavy (non-hydrogen) atoms. The predicted octanol–water partition coefficient (Wildman–Crippen LogP) is 2.39. The van der Waals surface area contributed by atoms with E-state index in [0.29, 0.717) is 23.7 Å². The zero-order valence-corrected chi connectivity index (χ0v) is 15.8. The first-order valence-electron chi connectivity index (χ1n) is 9.69. The van der Waals surface area contributed by atoms with E-state index in [2.05, 4.69) is 19.8 Å². The van der Waals surface area contributed by atoms with Crippen LogP contribution in [0.1, 0.15) is 44.0 Å². The molecule has 1 amide bonds. The zero-order chi connectivity index (χ0) is 16.3. The van der Waals surface area contributed by atoms with Crippen molar-refractivity contribution in [1.82, 2.24) is 19.8 Å². The van der Waals surface area contributed by atoms with Gasteiger partial charge in [0.25, 0.3) is 0 Å². The van der Waals surface area contributed by atoms with E-state index in [1.807, 2.05) is 19.4 Å². The van der Waals surface area contributed by atoms with Crippen LogP contribution in [0.2, 0.25) is 0 Å². The molecule has 1 aromatic heterocycles. The number of nitrogens with one attached hydrogen (secondary N) is 1. The van der Waals surface area contributed by atoms with Gasteiger partial charge in [0, 0.05) is 45.0 Å². The second kappa shape index (κ2) is 6.58. The number of hydrogen-bond acceptors (Lipinski definition) is 3. The smallest absolute Gasteiger partial charge is 0.226 e. The molecule has 6 rings (SSSR count). The second-order valence-electron chi connectivity index (χ2n) is 8.60. The van der Waals surface area contributed by atoms with E-state index >= 15 is 0 Å². The van der Waals surface area contributed by atoms with Crippen molar-refractivity contribution in [3.05, 3.63) is 18.2 Å². The van der Waals surface area contributed by atoms with Crippen molar-refractivity contribution in [1.29, 1.82) is 0 Å². The Labute approximate surface area is 156 Å². The highest BCUT2D eigenvalue weighted by Gasteiger charge is 2.52. The van der Waals surface area contributed by atoms with Gasteiger partial charge in [-0.1, -0.05) is 0 Å². The molecule has 5 nitrogen and oxygen atoms in total. The van der Waals surface area contributed by atoms with Crippen LogP contribution in [0, 0.1) is 29.6 Å². The highest BCUT2D eigenvalue weighted by atomic mass is 35.5. The van der Waals surface area contributed by atoms with Gasteiger partial charge in [-0.3, -0.25) is 4.79 Å². The lowest BCUT2D eigenvalue weighted by atomic mass is 9.51. The summed E-state index contributed by atoms with van der Waals surface area (Å²) in [5.74, 6) is 4.89. The minimum absolute atomic E-state index is 0. The molecule has 0 spiro atoms. The number of nitrogens with zero attached hydrogens (tertiary/aromatic N) is 3. The van der Waals surface area contributed by atoms with Gasteiger partial charge in [0.1, 0.15) is 11.9 Å². The first-order valence-corrected chi connectivity index (χ1v) is 9.69. The highest BCUT2D eigenvalue weighted by Crippen LogP contribution is 2.57. The molecule has 1 N–H and O–H groups in total. The Bertz CT molecular complexity index is 617. The quantitative estimate of drug-likeness (QED) is 0.876. The monoisotopic (exact) mass is 364 g/mol. The normalized spacial score (nSPS) is 39.3. The summed E-state index contributed by atoms with van der Waals surface area (Å²) in [4.78, 5) is 20.3. The van der Waals surface area contributed by atoms with Crippen LogP contribution in [0.15, 0.2) is 12.4 Å². The van der Waals surface area contributed by atoms with Gasteiger partial charge in [0.05, 0.1) is 0 Å². The molecular weight excluding hydrogens is 336 g/mol. The van der Waals surface area contributed by atoms with E-state index in [1.165, 1.54) is 32.1 Å². The van der Waals surface area contributed by atoms with Crippen molar-refractivity contribution in [3.8, 4) is 0 Å². The van der Waals surface area contributed by atoms with E-state index in [1.54, 1.807) is 0 Å². The molecule has 4 bridgehead atoms. The maximum Gasteiger partial charge on any atom is 0.226 e. The molecule has 0 aromatic carbocycles. The lowest BCUT2D eigenvalue weighted by Crippen LogP contribution is -2.56. The Morgan fingerprint density at radius 2 is 1.84 bits per heavy atom. The van der Waals surface area contributed by atoms with E-state index < -0.39 is 0 Å².